The van der Waals surface area contributed by atoms with E-state index in [2.05, 4.69) is 5.32 Å². The van der Waals surface area contributed by atoms with Crippen molar-refractivity contribution in [3.63, 3.8) is 0 Å². The van der Waals surface area contributed by atoms with E-state index in [-0.39, 0.29) is 11.8 Å². The van der Waals surface area contributed by atoms with Crippen LogP contribution in [0.25, 0.3) is 0 Å². The van der Waals surface area contributed by atoms with Crippen molar-refractivity contribution >= 4 is 11.4 Å². The minimum absolute atomic E-state index is 0.00686. The SMILES string of the molecule is CC(CNc1ccc([N+](=O)[O-])cc1)Oc1ccccc1. The molecule has 0 radical (unpaired) electrons. The second kappa shape index (κ2) is 6.56. The summed E-state index contributed by atoms with van der Waals surface area (Å²) in [6, 6.07) is 15.9. The van der Waals surface area contributed by atoms with Crippen LogP contribution in [0.1, 0.15) is 6.92 Å². The summed E-state index contributed by atoms with van der Waals surface area (Å²) in [7, 11) is 0. The molecule has 2 aromatic carbocycles. The molecule has 0 fully saturated rings. The van der Waals surface area contributed by atoms with E-state index in [0.29, 0.717) is 6.54 Å². The van der Waals surface area contributed by atoms with Gasteiger partial charge in [-0.2, -0.15) is 0 Å². The lowest BCUT2D eigenvalue weighted by atomic mass is 10.2. The molecule has 2 aromatic rings. The molecule has 2 rings (SSSR count). The molecule has 20 heavy (non-hydrogen) atoms. The van der Waals surface area contributed by atoms with Gasteiger partial charge in [-0.1, -0.05) is 18.2 Å². The second-order valence-electron chi connectivity index (χ2n) is 4.43. The van der Waals surface area contributed by atoms with Crippen LogP contribution >= 0.6 is 0 Å². The van der Waals surface area contributed by atoms with Gasteiger partial charge < -0.3 is 10.1 Å². The molecule has 5 heteroatoms. The molecule has 0 aliphatic heterocycles. The number of anilines is 1. The van der Waals surface area contributed by atoms with Crippen molar-refractivity contribution in [1.82, 2.24) is 0 Å². The number of ether oxygens (including phenoxy) is 1. The largest absolute Gasteiger partial charge is 0.489 e. The number of rotatable bonds is 6. The Morgan fingerprint density at radius 1 is 1.15 bits per heavy atom. The van der Waals surface area contributed by atoms with Crippen LogP contribution in [0.15, 0.2) is 54.6 Å². The highest BCUT2D eigenvalue weighted by Gasteiger charge is 2.06. The molecular formula is C15H16N2O3. The van der Waals surface area contributed by atoms with E-state index in [1.54, 1.807) is 12.1 Å². The zero-order chi connectivity index (χ0) is 14.4. The molecule has 0 spiro atoms. The molecule has 1 unspecified atom stereocenters. The third-order valence-electron chi connectivity index (χ3n) is 2.75. The van der Waals surface area contributed by atoms with Gasteiger partial charge in [-0.25, -0.2) is 0 Å². The van der Waals surface area contributed by atoms with Gasteiger partial charge in [-0.15, -0.1) is 0 Å². The summed E-state index contributed by atoms with van der Waals surface area (Å²) in [6.07, 6.45) is -0.00686. The average Bonchev–Trinajstić information content (AvgIpc) is 2.46. The molecular weight excluding hydrogens is 256 g/mol. The zero-order valence-corrected chi connectivity index (χ0v) is 11.2. The van der Waals surface area contributed by atoms with E-state index in [1.807, 2.05) is 37.3 Å². The predicted molar refractivity (Wildman–Crippen MR) is 78.1 cm³/mol. The van der Waals surface area contributed by atoms with Crippen molar-refractivity contribution in [3.05, 3.63) is 64.7 Å². The molecule has 104 valence electrons. The maximum atomic E-state index is 10.5. The van der Waals surface area contributed by atoms with Gasteiger partial charge in [0.05, 0.1) is 11.5 Å². The predicted octanol–water partition coefficient (Wildman–Crippen LogP) is 3.47. The highest BCUT2D eigenvalue weighted by atomic mass is 16.6. The summed E-state index contributed by atoms with van der Waals surface area (Å²) in [6.45, 7) is 2.58. The summed E-state index contributed by atoms with van der Waals surface area (Å²) < 4.78 is 5.73. The van der Waals surface area contributed by atoms with E-state index in [4.69, 9.17) is 4.74 Å². The molecule has 5 nitrogen and oxygen atoms in total. The summed E-state index contributed by atoms with van der Waals surface area (Å²) in [5.41, 5.74) is 0.920. The maximum Gasteiger partial charge on any atom is 0.269 e. The molecule has 0 heterocycles. The van der Waals surface area contributed by atoms with Crippen LogP contribution < -0.4 is 10.1 Å². The molecule has 0 aliphatic carbocycles. The summed E-state index contributed by atoms with van der Waals surface area (Å²) in [4.78, 5) is 10.1. The Bertz CT molecular complexity index is 555. The molecule has 0 saturated heterocycles. The van der Waals surface area contributed by atoms with Crippen molar-refractivity contribution in [2.45, 2.75) is 13.0 Å². The minimum atomic E-state index is -0.412. The van der Waals surface area contributed by atoms with E-state index < -0.39 is 4.92 Å². The van der Waals surface area contributed by atoms with Crippen LogP contribution in [0, 0.1) is 10.1 Å². The summed E-state index contributed by atoms with van der Waals surface area (Å²) in [5.74, 6) is 0.825. The molecule has 1 N–H and O–H groups in total. The van der Waals surface area contributed by atoms with Gasteiger partial charge in [-0.3, -0.25) is 10.1 Å². The number of hydrogen-bond donors (Lipinski definition) is 1. The number of non-ortho nitro benzene ring substituents is 1. The number of nitrogens with zero attached hydrogens (tertiary/aromatic N) is 1. The summed E-state index contributed by atoms with van der Waals surface area (Å²) in [5, 5.41) is 13.7. The first-order chi connectivity index (χ1) is 9.65. The van der Waals surface area contributed by atoms with E-state index >= 15 is 0 Å². The molecule has 0 aliphatic rings. The quantitative estimate of drug-likeness (QED) is 0.646. The maximum absolute atomic E-state index is 10.5. The minimum Gasteiger partial charge on any atom is -0.489 e. The average molecular weight is 272 g/mol. The van der Waals surface area contributed by atoms with Gasteiger partial charge in [0, 0.05) is 17.8 Å². The lowest BCUT2D eigenvalue weighted by molar-refractivity contribution is -0.384. The van der Waals surface area contributed by atoms with Crippen molar-refractivity contribution in [1.29, 1.82) is 0 Å². The Labute approximate surface area is 117 Å². The van der Waals surface area contributed by atoms with Gasteiger partial charge >= 0.3 is 0 Å². The van der Waals surface area contributed by atoms with Crippen LogP contribution in [0.5, 0.6) is 5.75 Å². The Balaban J connectivity index is 1.84. The molecule has 0 bridgehead atoms. The van der Waals surface area contributed by atoms with E-state index in [0.717, 1.165) is 11.4 Å². The first-order valence-corrected chi connectivity index (χ1v) is 6.35. The number of nitro benzene ring substituents is 1. The Kier molecular flexibility index (Phi) is 4.55. The summed E-state index contributed by atoms with van der Waals surface area (Å²) >= 11 is 0. The van der Waals surface area contributed by atoms with Gasteiger partial charge in [0.15, 0.2) is 0 Å². The molecule has 1 atom stereocenters. The third kappa shape index (κ3) is 3.98. The van der Waals surface area contributed by atoms with Gasteiger partial charge in [0.25, 0.3) is 5.69 Å². The van der Waals surface area contributed by atoms with Crippen molar-refractivity contribution in [2.24, 2.45) is 0 Å². The van der Waals surface area contributed by atoms with Gasteiger partial charge in [0.2, 0.25) is 0 Å². The first kappa shape index (κ1) is 13.9. The fourth-order valence-electron chi connectivity index (χ4n) is 1.74. The van der Waals surface area contributed by atoms with Gasteiger partial charge in [0.1, 0.15) is 11.9 Å². The number of para-hydroxylation sites is 1. The molecule has 0 saturated carbocycles. The van der Waals surface area contributed by atoms with Crippen LogP contribution in [0.3, 0.4) is 0 Å². The molecule has 0 aromatic heterocycles. The highest BCUT2D eigenvalue weighted by Crippen LogP contribution is 2.16. The number of hydrogen-bond acceptors (Lipinski definition) is 4. The highest BCUT2D eigenvalue weighted by molar-refractivity contribution is 5.48. The smallest absolute Gasteiger partial charge is 0.269 e. The number of nitro groups is 1. The zero-order valence-electron chi connectivity index (χ0n) is 11.2. The normalized spacial score (nSPS) is 11.7. The van der Waals surface area contributed by atoms with Crippen LogP contribution in [-0.2, 0) is 0 Å². The Morgan fingerprint density at radius 2 is 1.80 bits per heavy atom. The van der Waals surface area contributed by atoms with Crippen molar-refractivity contribution in [2.75, 3.05) is 11.9 Å². The van der Waals surface area contributed by atoms with Gasteiger partial charge in [-0.05, 0) is 31.2 Å². The fraction of sp³-hybridized carbons (Fsp3) is 0.200. The van der Waals surface area contributed by atoms with Crippen LogP contribution in [0.4, 0.5) is 11.4 Å². The first-order valence-electron chi connectivity index (χ1n) is 6.35. The number of benzene rings is 2. The standard InChI is InChI=1S/C15H16N2O3/c1-12(20-15-5-3-2-4-6-15)11-16-13-7-9-14(10-8-13)17(18)19/h2-10,12,16H,11H2,1H3. The van der Waals surface area contributed by atoms with Crippen LogP contribution in [-0.4, -0.2) is 17.6 Å². The molecule has 0 amide bonds. The lowest BCUT2D eigenvalue weighted by Crippen LogP contribution is -2.22. The van der Waals surface area contributed by atoms with Crippen molar-refractivity contribution < 1.29 is 9.66 Å². The Hall–Kier alpha value is -2.56. The Morgan fingerprint density at radius 3 is 2.40 bits per heavy atom. The third-order valence-corrected chi connectivity index (χ3v) is 2.75. The fourth-order valence-corrected chi connectivity index (χ4v) is 1.74. The van der Waals surface area contributed by atoms with Crippen LogP contribution in [0.2, 0.25) is 0 Å². The monoisotopic (exact) mass is 272 g/mol. The van der Waals surface area contributed by atoms with Crippen molar-refractivity contribution in [3.8, 4) is 5.75 Å². The topological polar surface area (TPSA) is 64.4 Å². The lowest BCUT2D eigenvalue weighted by Gasteiger charge is -2.16. The van der Waals surface area contributed by atoms with E-state index in [9.17, 15) is 10.1 Å². The second-order valence-corrected chi connectivity index (χ2v) is 4.43. The van der Waals surface area contributed by atoms with E-state index in [1.165, 1.54) is 12.1 Å². The number of nitrogens with one attached hydrogen (secondary N) is 1.